The highest BCUT2D eigenvalue weighted by Crippen LogP contribution is 2.24. The van der Waals surface area contributed by atoms with E-state index in [2.05, 4.69) is 5.32 Å². The Morgan fingerprint density at radius 2 is 2.31 bits per heavy atom. The first-order valence-electron chi connectivity index (χ1n) is 5.76. The molecule has 1 fully saturated rings. The van der Waals surface area contributed by atoms with E-state index < -0.39 is 5.97 Å². The Balaban J connectivity index is 1.89. The molecule has 1 saturated carbocycles. The van der Waals surface area contributed by atoms with Gasteiger partial charge in [0.1, 0.15) is 5.76 Å². The van der Waals surface area contributed by atoms with Gasteiger partial charge in [-0.1, -0.05) is 12.8 Å². The Kier molecular flexibility index (Phi) is 3.62. The van der Waals surface area contributed by atoms with Crippen LogP contribution in [0.5, 0.6) is 0 Å². The van der Waals surface area contributed by atoms with Gasteiger partial charge in [-0.25, -0.2) is 0 Å². The van der Waals surface area contributed by atoms with Crippen molar-refractivity contribution in [1.29, 1.82) is 0 Å². The van der Waals surface area contributed by atoms with Crippen LogP contribution in [0, 0.1) is 5.92 Å². The number of carboxylic acid groups (broad SMARTS) is 1. The summed E-state index contributed by atoms with van der Waals surface area (Å²) in [5.41, 5.74) is 0. The van der Waals surface area contributed by atoms with Crippen LogP contribution < -0.4 is 5.32 Å². The molecule has 0 amide bonds. The maximum atomic E-state index is 11.1. The van der Waals surface area contributed by atoms with E-state index in [4.69, 9.17) is 9.52 Å². The number of hydrogen-bond donors (Lipinski definition) is 2. The van der Waals surface area contributed by atoms with Crippen molar-refractivity contribution >= 4 is 5.97 Å². The zero-order valence-electron chi connectivity index (χ0n) is 9.19. The van der Waals surface area contributed by atoms with Crippen molar-refractivity contribution in [3.63, 3.8) is 0 Å². The summed E-state index contributed by atoms with van der Waals surface area (Å²) in [6.45, 7) is 0.613. The molecule has 0 bridgehead atoms. The molecule has 0 aliphatic heterocycles. The highest BCUT2D eigenvalue weighted by atomic mass is 16.4. The molecule has 0 aromatic carbocycles. The van der Waals surface area contributed by atoms with Crippen LogP contribution in [-0.4, -0.2) is 17.1 Å². The van der Waals surface area contributed by atoms with Gasteiger partial charge in [0.25, 0.3) is 0 Å². The van der Waals surface area contributed by atoms with Crippen LogP contribution in [0.3, 0.4) is 0 Å². The third-order valence-corrected chi connectivity index (χ3v) is 3.20. The lowest BCUT2D eigenvalue weighted by Gasteiger charge is -2.29. The largest absolute Gasteiger partial charge is 0.481 e. The highest BCUT2D eigenvalue weighted by Gasteiger charge is 2.30. The summed E-state index contributed by atoms with van der Waals surface area (Å²) in [6.07, 6.45) is 5.49. The maximum absolute atomic E-state index is 11.1. The number of nitrogens with one attached hydrogen (secondary N) is 1. The predicted octanol–water partition coefficient (Wildman–Crippen LogP) is 2.01. The smallest absolute Gasteiger partial charge is 0.308 e. The summed E-state index contributed by atoms with van der Waals surface area (Å²) < 4.78 is 5.21. The van der Waals surface area contributed by atoms with Crippen molar-refractivity contribution in [3.05, 3.63) is 24.2 Å². The van der Waals surface area contributed by atoms with Crippen molar-refractivity contribution in [1.82, 2.24) is 5.32 Å². The van der Waals surface area contributed by atoms with Gasteiger partial charge in [0.15, 0.2) is 0 Å². The molecule has 1 aromatic rings. The van der Waals surface area contributed by atoms with Crippen LogP contribution in [0.2, 0.25) is 0 Å². The third-order valence-electron chi connectivity index (χ3n) is 3.20. The first-order valence-corrected chi connectivity index (χ1v) is 5.76. The van der Waals surface area contributed by atoms with E-state index in [1.54, 1.807) is 6.26 Å². The van der Waals surface area contributed by atoms with Crippen molar-refractivity contribution < 1.29 is 14.3 Å². The van der Waals surface area contributed by atoms with Gasteiger partial charge in [-0.2, -0.15) is 0 Å². The lowest BCUT2D eigenvalue weighted by Crippen LogP contribution is -2.41. The summed E-state index contributed by atoms with van der Waals surface area (Å²) >= 11 is 0. The quantitative estimate of drug-likeness (QED) is 0.819. The fraction of sp³-hybridized carbons (Fsp3) is 0.583. The van der Waals surface area contributed by atoms with Crippen LogP contribution in [0.25, 0.3) is 0 Å². The Labute approximate surface area is 94.6 Å². The SMILES string of the molecule is O=C(O)[C@H]1CCCC[C@@H]1NCc1ccco1. The number of rotatable bonds is 4. The normalized spacial score (nSPS) is 25.5. The van der Waals surface area contributed by atoms with E-state index in [0.717, 1.165) is 31.4 Å². The van der Waals surface area contributed by atoms with Gasteiger partial charge in [0.2, 0.25) is 0 Å². The predicted molar refractivity (Wildman–Crippen MR) is 58.9 cm³/mol. The van der Waals surface area contributed by atoms with Crippen LogP contribution in [0.4, 0.5) is 0 Å². The summed E-state index contributed by atoms with van der Waals surface area (Å²) in [4.78, 5) is 11.1. The number of aliphatic carboxylic acids is 1. The molecule has 88 valence electrons. The molecule has 1 aliphatic carbocycles. The van der Waals surface area contributed by atoms with Crippen molar-refractivity contribution in [3.8, 4) is 0 Å². The van der Waals surface area contributed by atoms with Crippen LogP contribution in [0.1, 0.15) is 31.4 Å². The second-order valence-electron chi connectivity index (χ2n) is 4.30. The van der Waals surface area contributed by atoms with E-state index in [1.807, 2.05) is 12.1 Å². The van der Waals surface area contributed by atoms with Crippen LogP contribution in [-0.2, 0) is 11.3 Å². The summed E-state index contributed by atoms with van der Waals surface area (Å²) in [6, 6.07) is 3.81. The number of carbonyl (C=O) groups is 1. The van der Waals surface area contributed by atoms with Gasteiger partial charge in [-0.15, -0.1) is 0 Å². The molecule has 4 heteroatoms. The Morgan fingerprint density at radius 3 is 3.00 bits per heavy atom. The first kappa shape index (κ1) is 11.2. The topological polar surface area (TPSA) is 62.5 Å². The fourth-order valence-corrected chi connectivity index (χ4v) is 2.32. The molecule has 2 rings (SSSR count). The van der Waals surface area contributed by atoms with Gasteiger partial charge in [-0.3, -0.25) is 4.79 Å². The van der Waals surface area contributed by atoms with Gasteiger partial charge in [-0.05, 0) is 25.0 Å². The number of furan rings is 1. The first-order chi connectivity index (χ1) is 7.77. The molecule has 16 heavy (non-hydrogen) atoms. The average molecular weight is 223 g/mol. The van der Waals surface area contributed by atoms with Gasteiger partial charge in [0, 0.05) is 6.04 Å². The molecular weight excluding hydrogens is 206 g/mol. The lowest BCUT2D eigenvalue weighted by molar-refractivity contribution is -0.143. The molecule has 1 aromatic heterocycles. The number of hydrogen-bond acceptors (Lipinski definition) is 3. The minimum absolute atomic E-state index is 0.0800. The van der Waals surface area contributed by atoms with Gasteiger partial charge >= 0.3 is 5.97 Å². The van der Waals surface area contributed by atoms with Crippen LogP contribution in [0.15, 0.2) is 22.8 Å². The molecule has 0 saturated heterocycles. The molecule has 4 nitrogen and oxygen atoms in total. The second-order valence-corrected chi connectivity index (χ2v) is 4.30. The van der Waals surface area contributed by atoms with E-state index in [0.29, 0.717) is 6.54 Å². The minimum Gasteiger partial charge on any atom is -0.481 e. The van der Waals surface area contributed by atoms with Crippen molar-refractivity contribution in [2.75, 3.05) is 0 Å². The molecular formula is C12H17NO3. The number of carboxylic acids is 1. The minimum atomic E-state index is -0.684. The molecule has 0 radical (unpaired) electrons. The third kappa shape index (κ3) is 2.64. The van der Waals surface area contributed by atoms with E-state index in [1.165, 1.54) is 0 Å². The van der Waals surface area contributed by atoms with Crippen molar-refractivity contribution in [2.24, 2.45) is 5.92 Å². The maximum Gasteiger partial charge on any atom is 0.308 e. The van der Waals surface area contributed by atoms with E-state index in [-0.39, 0.29) is 12.0 Å². The zero-order valence-corrected chi connectivity index (χ0v) is 9.19. The lowest BCUT2D eigenvalue weighted by atomic mass is 9.84. The highest BCUT2D eigenvalue weighted by molar-refractivity contribution is 5.71. The van der Waals surface area contributed by atoms with Gasteiger partial charge < -0.3 is 14.8 Å². The molecule has 0 spiro atoms. The Bertz CT molecular complexity index is 334. The summed E-state index contributed by atoms with van der Waals surface area (Å²) in [7, 11) is 0. The molecule has 0 unspecified atom stereocenters. The molecule has 2 N–H and O–H groups in total. The van der Waals surface area contributed by atoms with E-state index >= 15 is 0 Å². The van der Waals surface area contributed by atoms with Crippen LogP contribution >= 0.6 is 0 Å². The monoisotopic (exact) mass is 223 g/mol. The zero-order chi connectivity index (χ0) is 11.4. The molecule has 1 heterocycles. The second kappa shape index (κ2) is 5.16. The standard InChI is InChI=1S/C12H17NO3/c14-12(15)10-5-1-2-6-11(10)13-8-9-4-3-7-16-9/h3-4,7,10-11,13H,1-2,5-6,8H2,(H,14,15)/t10-,11-/m0/s1. The molecule has 1 aliphatic rings. The Morgan fingerprint density at radius 1 is 1.50 bits per heavy atom. The Hall–Kier alpha value is -1.29. The van der Waals surface area contributed by atoms with Crippen molar-refractivity contribution in [2.45, 2.75) is 38.3 Å². The summed E-state index contributed by atoms with van der Waals surface area (Å²) in [5.74, 6) is -0.0740. The molecule has 2 atom stereocenters. The summed E-state index contributed by atoms with van der Waals surface area (Å²) in [5, 5.41) is 12.4. The van der Waals surface area contributed by atoms with E-state index in [9.17, 15) is 4.79 Å². The van der Waals surface area contributed by atoms with Gasteiger partial charge in [0.05, 0.1) is 18.7 Å². The average Bonchev–Trinajstić information content (AvgIpc) is 2.79. The fourth-order valence-electron chi connectivity index (χ4n) is 2.32.